The number of phosphoric ester groups is 1. The smallest absolute Gasteiger partial charge is 0.268 e. The first kappa shape index (κ1) is 93.1. The van der Waals surface area contributed by atoms with E-state index in [1.807, 2.05) is 77.2 Å². The SMILES string of the molecule is CC/C(=C(\c1ccc(I)cc1)c1ccc(OCCN2CCCC2)cc1)c1ccccc1.CCCCCCCCCCCCCCCCSCC(COC)COP(=O)([O-])OCC[N+](C)(C)C.CNC(=O)[C@H](Cc1c[nH]c2ccccc12)NC(=O)[C@@H](CC(=O)NO)CC(C)C.O=C1C2CC3CC1CC(O)(C3)C2.c1c[nH]cn1. The highest BCUT2D eigenvalue weighted by molar-refractivity contribution is 14.1. The molecule has 7 N–H and O–H groups in total. The normalized spacial score (nSPS) is 18.7. The first-order valence-electron chi connectivity index (χ1n) is 40.6. The van der Waals surface area contributed by atoms with E-state index in [-0.39, 0.29) is 55.1 Å². The lowest BCUT2D eigenvalue weighted by Gasteiger charge is -2.53. The van der Waals surface area contributed by atoms with Gasteiger partial charge in [0.05, 0.1) is 46.3 Å². The summed E-state index contributed by atoms with van der Waals surface area (Å²) in [6.45, 7) is 13.9. The third-order valence-electron chi connectivity index (χ3n) is 20.8. The van der Waals surface area contributed by atoms with Gasteiger partial charge in [-0.3, -0.25) is 33.9 Å². The predicted molar refractivity (Wildman–Crippen MR) is 452 cm³/mol. The molecule has 4 saturated carbocycles. The van der Waals surface area contributed by atoms with E-state index in [0.29, 0.717) is 42.2 Å². The maximum absolute atomic E-state index is 12.8. The van der Waals surface area contributed by atoms with Crippen molar-refractivity contribution >= 4 is 87.7 Å². The maximum Gasteiger partial charge on any atom is 0.268 e. The summed E-state index contributed by atoms with van der Waals surface area (Å²) >= 11 is 4.23. The van der Waals surface area contributed by atoms with E-state index >= 15 is 0 Å². The fraction of sp³-hybridized carbons (Fsp3) is 0.598. The van der Waals surface area contributed by atoms with Crippen molar-refractivity contribution in [3.05, 3.63) is 154 Å². The summed E-state index contributed by atoms with van der Waals surface area (Å²) in [5, 5.41) is 25.2. The number of hydrogen-bond acceptors (Lipinski definition) is 15. The van der Waals surface area contributed by atoms with Gasteiger partial charge in [-0.2, -0.15) is 11.8 Å². The van der Waals surface area contributed by atoms with Gasteiger partial charge in [-0.15, -0.1) is 0 Å². The summed E-state index contributed by atoms with van der Waals surface area (Å²) in [4.78, 5) is 72.4. The van der Waals surface area contributed by atoms with E-state index in [2.05, 4.69) is 146 Å². The number of methoxy groups -OCH3 is 1. The van der Waals surface area contributed by atoms with E-state index in [9.17, 15) is 33.7 Å². The van der Waals surface area contributed by atoms with E-state index in [4.69, 9.17) is 23.7 Å². The van der Waals surface area contributed by atoms with Gasteiger partial charge in [0.2, 0.25) is 17.7 Å². The molecule has 1 saturated heterocycles. The number of quaternary nitrogens is 1. The number of ketones is 1. The van der Waals surface area contributed by atoms with Crippen LogP contribution in [0.2, 0.25) is 0 Å². The van der Waals surface area contributed by atoms with Gasteiger partial charge in [0.1, 0.15) is 37.3 Å². The number of Topliss-reactive ketones (excluding diaryl/α,β-unsaturated/α-hetero) is 1. The summed E-state index contributed by atoms with van der Waals surface area (Å²) in [6.07, 6.45) is 35.0. The van der Waals surface area contributed by atoms with Crippen molar-refractivity contribution in [2.24, 2.45) is 35.5 Å². The van der Waals surface area contributed by atoms with Crippen molar-refractivity contribution in [1.29, 1.82) is 0 Å². The van der Waals surface area contributed by atoms with Gasteiger partial charge in [0.25, 0.3) is 7.82 Å². The van der Waals surface area contributed by atoms with Gasteiger partial charge in [-0.05, 0) is 181 Å². The number of carbonyl (C=O) groups excluding carboxylic acids is 4. The number of rotatable bonds is 43. The van der Waals surface area contributed by atoms with Crippen LogP contribution in [0.3, 0.4) is 0 Å². The zero-order valence-corrected chi connectivity index (χ0v) is 71.3. The van der Waals surface area contributed by atoms with Gasteiger partial charge < -0.3 is 53.6 Å². The molecule has 4 aliphatic carbocycles. The van der Waals surface area contributed by atoms with Crippen LogP contribution >= 0.6 is 42.2 Å². The minimum Gasteiger partial charge on any atom is -0.756 e. The van der Waals surface area contributed by atoms with Crippen molar-refractivity contribution in [1.82, 2.24) is 36.0 Å². The molecule has 0 spiro atoms. The third kappa shape index (κ3) is 35.3. The van der Waals surface area contributed by atoms with Gasteiger partial charge in [-0.25, -0.2) is 10.5 Å². The van der Waals surface area contributed by atoms with Crippen LogP contribution in [0.4, 0.5) is 0 Å². The number of imidazole rings is 1. The number of likely N-dealkylation sites (N-methyl/N-ethyl adjacent to an activating group) is 2. The lowest BCUT2D eigenvalue weighted by atomic mass is 9.54. The van der Waals surface area contributed by atoms with Crippen LogP contribution in [0.25, 0.3) is 22.0 Å². The molecule has 3 amide bonds. The molecule has 1 aliphatic heterocycles. The van der Waals surface area contributed by atoms with Crippen LogP contribution in [-0.2, 0) is 43.9 Å². The summed E-state index contributed by atoms with van der Waals surface area (Å²) in [5.74, 6) is 2.71. The number of allylic oxidation sites excluding steroid dienone is 1. The van der Waals surface area contributed by atoms with Gasteiger partial charge in [0.15, 0.2) is 0 Å². The number of aromatic amines is 2. The number of phosphoric acid groups is 1. The lowest BCUT2D eigenvalue weighted by molar-refractivity contribution is -0.870. The van der Waals surface area contributed by atoms with Crippen LogP contribution in [-0.4, -0.2) is 169 Å². The highest BCUT2D eigenvalue weighted by Gasteiger charge is 2.54. The number of likely N-dealkylation sites (tertiary alicyclic amines) is 1. The van der Waals surface area contributed by atoms with Crippen molar-refractivity contribution in [2.45, 2.75) is 200 Å². The molecule has 5 fully saturated rings. The Morgan fingerprint density at radius 2 is 1.39 bits per heavy atom. The third-order valence-corrected chi connectivity index (χ3v) is 23.8. The minimum atomic E-state index is -4.26. The number of H-pyrrole nitrogens is 2. The number of ether oxygens (including phenoxy) is 2. The number of halogens is 1. The Kier molecular flexibility index (Phi) is 43.3. The molecule has 4 unspecified atom stereocenters. The van der Waals surface area contributed by atoms with E-state index in [1.165, 1.54) is 154 Å². The second-order valence-electron chi connectivity index (χ2n) is 31.6. The van der Waals surface area contributed by atoms with Crippen molar-refractivity contribution in [3.8, 4) is 5.75 Å². The molecule has 6 aromatic rings. The first-order chi connectivity index (χ1) is 53.0. The Morgan fingerprint density at radius 1 is 0.782 bits per heavy atom. The molecular weight excluding hydrogens is 1540 g/mol. The fourth-order valence-corrected chi connectivity index (χ4v) is 17.5. The maximum atomic E-state index is 12.8. The number of aliphatic hydroxyl groups is 1. The molecule has 610 valence electrons. The number of para-hydroxylation sites is 1. The zero-order valence-electron chi connectivity index (χ0n) is 67.5. The van der Waals surface area contributed by atoms with E-state index in [1.54, 1.807) is 31.3 Å². The molecule has 20 nitrogen and oxygen atoms in total. The number of nitrogens with zero attached hydrogens (tertiary/aromatic N) is 3. The highest BCUT2D eigenvalue weighted by Crippen LogP contribution is 2.54. The lowest BCUT2D eigenvalue weighted by Crippen LogP contribution is -2.54. The highest BCUT2D eigenvalue weighted by atomic mass is 127. The average Bonchev–Trinajstić information content (AvgIpc) is 0.930. The summed E-state index contributed by atoms with van der Waals surface area (Å²) < 4.78 is 35.3. The second-order valence-corrected chi connectivity index (χ2v) is 35.4. The number of unbranched alkanes of at least 4 members (excludes halogenated alkanes) is 13. The number of carbonyl (C=O) groups is 4. The van der Waals surface area contributed by atoms with Gasteiger partial charge >= 0.3 is 0 Å². The minimum absolute atomic E-state index is 0.0471. The number of thioether (sulfide) groups is 1. The molecule has 3 heterocycles. The molecule has 2 aromatic heterocycles. The van der Waals surface area contributed by atoms with Gasteiger partial charge in [-0.1, -0.05) is 184 Å². The summed E-state index contributed by atoms with van der Waals surface area (Å²) in [5.41, 5.74) is 9.43. The molecule has 5 aliphatic rings. The largest absolute Gasteiger partial charge is 0.756 e. The average molecular weight is 1670 g/mol. The zero-order chi connectivity index (χ0) is 79.6. The second kappa shape index (κ2) is 51.2. The Balaban J connectivity index is 0.000000231. The predicted octanol–water partition coefficient (Wildman–Crippen LogP) is 16.8. The first-order valence-corrected chi connectivity index (χ1v) is 44.3. The van der Waals surface area contributed by atoms with Crippen molar-refractivity contribution in [3.63, 3.8) is 0 Å². The molecule has 4 bridgehead atoms. The monoisotopic (exact) mass is 1670 g/mol. The van der Waals surface area contributed by atoms with Crippen LogP contribution in [0, 0.1) is 39.1 Å². The number of fused-ring (bicyclic) bond motifs is 1. The van der Waals surface area contributed by atoms with Crippen LogP contribution in [0.5, 0.6) is 5.75 Å². The van der Waals surface area contributed by atoms with Crippen LogP contribution in [0.1, 0.15) is 204 Å². The number of nitrogens with one attached hydrogen (secondary N) is 5. The Labute approximate surface area is 675 Å². The molecule has 110 heavy (non-hydrogen) atoms. The summed E-state index contributed by atoms with van der Waals surface area (Å²) in [6, 6.07) is 35.2. The van der Waals surface area contributed by atoms with Crippen LogP contribution in [0.15, 0.2) is 128 Å². The molecule has 6 atom stereocenters. The number of hydroxylamine groups is 1. The Hall–Kier alpha value is -5.76. The van der Waals surface area contributed by atoms with E-state index in [0.717, 1.165) is 85.4 Å². The molecule has 0 radical (unpaired) electrons. The standard InChI is InChI=1S/C28H30INO.C26H56NO5PS.C20H28N4O4.C10H14O2.C3H4N2/c1-2-27(22-8-4-3-5-9-22)28(23-10-14-25(29)15-11-23)24-12-16-26(17-13-24)31-21-20-30-18-6-7-19-30;1-6-7-8-9-10-11-12-13-14-15-16-17-18-19-22-34-25-26(23-30-5)24-32-33(28,29)31-21-20-27(2,3)4;1-12(2)8-13(10-18(25)24-28)19(26)23-17(20(27)21-3)9-14-11-22-16-7-5-4-6-15(14)16;11-9-7-1-6-2-8(9)5-10(12,3-6)4-7;1-2-5-3-4-1/h3-5,8-17H,2,6-7,18-21H2,1H3;26H,6-25H2,1-5H3;4-7,11-13,17,22,28H,8-10H2,1-3H3,(H,21,27)(H,23,26)(H,24,25);6-8,12H,1-5H2;1-3H,(H,4,5)/b28-27-;;;;/t;;13-,17+;;/m..1../s1. The van der Waals surface area contributed by atoms with Crippen LogP contribution < -0.4 is 25.7 Å². The van der Waals surface area contributed by atoms with Gasteiger partial charge in [0, 0.05) is 96.0 Å². The fourth-order valence-electron chi connectivity index (χ4n) is 15.2. The summed E-state index contributed by atoms with van der Waals surface area (Å²) in [7, 11) is 4.87. The van der Waals surface area contributed by atoms with Crippen molar-refractivity contribution < 1.29 is 62.0 Å². The topological polar surface area (TPSA) is 270 Å². The molecule has 11 rings (SSSR count). The number of aromatic nitrogens is 3. The number of benzene rings is 4. The molecule has 4 aromatic carbocycles. The number of hydrogen-bond donors (Lipinski definition) is 7. The molecular formula is C87H132IN8O12PS. The van der Waals surface area contributed by atoms with E-state index < -0.39 is 31.3 Å². The van der Waals surface area contributed by atoms with Crippen molar-refractivity contribution in [2.75, 3.05) is 99.4 Å². The number of amides is 3. The quantitative estimate of drug-likeness (QED) is 0.00357. The molecule has 23 heteroatoms. The Bertz CT molecular complexity index is 3590. The Morgan fingerprint density at radius 3 is 1.94 bits per heavy atom.